The maximum Gasteiger partial charge on any atom is 0.304 e. The summed E-state index contributed by atoms with van der Waals surface area (Å²) in [5.74, 6) is 3.20. The van der Waals surface area contributed by atoms with E-state index < -0.39 is 57.2 Å². The first-order chi connectivity index (χ1) is 69.4. The molecule has 5 aromatic carbocycles. The van der Waals surface area contributed by atoms with Gasteiger partial charge in [0.05, 0.1) is 87.4 Å². The number of para-hydroxylation sites is 9. The van der Waals surface area contributed by atoms with E-state index in [9.17, 15) is 65.6 Å². The molecule has 6 aliphatic rings. The second kappa shape index (κ2) is 61.6. The molecule has 9 N–H and O–H groups in total. The van der Waals surface area contributed by atoms with Gasteiger partial charge in [0.2, 0.25) is 24.9 Å². The number of rotatable bonds is 19. The van der Waals surface area contributed by atoms with Crippen LogP contribution in [0.1, 0.15) is 132 Å². The maximum absolute atomic E-state index is 12.4. The molecule has 17 rings (SSSR count). The Hall–Kier alpha value is -11.6. The van der Waals surface area contributed by atoms with E-state index in [1.165, 1.54) is 53.0 Å². The van der Waals surface area contributed by atoms with Crippen molar-refractivity contribution in [3.05, 3.63) is 204 Å². The number of hydrogen-bond donors (Lipinski definition) is 8. The summed E-state index contributed by atoms with van der Waals surface area (Å²) in [6.07, 6.45) is 9.78. The monoisotopic (exact) mass is 2190 g/mol. The number of nitro benzene ring substituents is 2. The van der Waals surface area contributed by atoms with Crippen LogP contribution in [-0.2, 0) is 47.7 Å². The van der Waals surface area contributed by atoms with E-state index in [2.05, 4.69) is 89.2 Å². The van der Waals surface area contributed by atoms with Crippen molar-refractivity contribution < 1.29 is 108 Å². The number of fused-ring (bicyclic) bond motifs is 3. The fourth-order valence-electron chi connectivity index (χ4n) is 13.9. The molecule has 11 aromatic rings. The van der Waals surface area contributed by atoms with Crippen molar-refractivity contribution >= 4 is 179 Å². The van der Waals surface area contributed by atoms with E-state index in [0.717, 1.165) is 134 Å². The molecule has 6 fully saturated rings. The number of sulfonamides is 1. The van der Waals surface area contributed by atoms with Crippen LogP contribution >= 0.6 is 56.3 Å². The van der Waals surface area contributed by atoms with Crippen LogP contribution in [0.3, 0.4) is 0 Å². The summed E-state index contributed by atoms with van der Waals surface area (Å²) >= 11 is 10.7. The molecule has 807 valence electrons. The zero-order valence-electron chi connectivity index (χ0n) is 84.8. The number of amides is 3. The van der Waals surface area contributed by atoms with Crippen molar-refractivity contribution in [1.29, 1.82) is 0 Å². The van der Waals surface area contributed by atoms with Gasteiger partial charge in [0.15, 0.2) is 5.75 Å². The second-order valence-corrected chi connectivity index (χ2v) is 44.2. The number of anilines is 5. The first-order valence-corrected chi connectivity index (χ1v) is 54.3. The van der Waals surface area contributed by atoms with Crippen LogP contribution in [0.2, 0.25) is 12.0 Å². The Bertz CT molecular complexity index is 6260. The number of thiophene rings is 3. The number of benzene rings is 5. The topological polar surface area (TPSA) is 531 Å². The van der Waals surface area contributed by atoms with E-state index in [0.29, 0.717) is 101 Å². The number of nitrogens with two attached hydrogens (primary N) is 1. The minimum Gasteiger partial charge on any atom is -0.487 e. The second-order valence-electron chi connectivity index (χ2n) is 36.2. The summed E-state index contributed by atoms with van der Waals surface area (Å²) in [6.45, 7) is 33.8. The molecular formula is C97H133B2Cl2FN17O24S5. The van der Waals surface area contributed by atoms with Crippen LogP contribution in [0.5, 0.6) is 23.0 Å². The Morgan fingerprint density at radius 1 is 0.541 bits per heavy atom. The van der Waals surface area contributed by atoms with Gasteiger partial charge in [0.25, 0.3) is 0 Å². The predicted octanol–water partition coefficient (Wildman–Crippen LogP) is 17.4. The van der Waals surface area contributed by atoms with Crippen molar-refractivity contribution in [2.24, 2.45) is 0 Å². The number of hydrogen-bond acceptors (Lipinski definition) is 38. The Balaban J connectivity index is 0.000000259. The van der Waals surface area contributed by atoms with Gasteiger partial charge in [-0.15, -0.1) is 34.0 Å². The Morgan fingerprint density at radius 2 is 0.926 bits per heavy atom. The SMILES string of the molecule is C.CC(C)(C)OC(=O)N1CCC(O)C1.CC(C)(C)OC(=O)N1CCC(Oc2ccccc2N)C1.CC(C)(C)OC(=O)N1CCC(Oc2ccccc2[N+](=O)[O-])C1.CCO.CS(=O)(=O)Cl.C[B]OOCB=O.Cc1csc2ncnc(Cl)c12.Cc1csc2ncnc(Nc3ccccc3OC3CCN(S(C)(=O)=O)C3)c12.Cc1csc2ncnc(Nc3ccccc3OC3CCNC3)c12.O=[N+]([O-])c1ccccc1F.OC1CCNC1. The van der Waals surface area contributed by atoms with Crippen molar-refractivity contribution in [1.82, 2.24) is 59.5 Å². The van der Waals surface area contributed by atoms with Crippen LogP contribution in [0.25, 0.3) is 30.6 Å². The van der Waals surface area contributed by atoms with Gasteiger partial charge in [0.1, 0.15) is 109 Å². The quantitative estimate of drug-likeness (QED) is 0.00429. The van der Waals surface area contributed by atoms with Crippen LogP contribution in [0, 0.1) is 46.8 Å². The van der Waals surface area contributed by atoms with E-state index >= 15 is 0 Å². The van der Waals surface area contributed by atoms with Gasteiger partial charge in [-0.2, -0.15) is 8.70 Å². The number of ether oxygens (including phenoxy) is 7. The van der Waals surface area contributed by atoms with Gasteiger partial charge < -0.3 is 90.2 Å². The summed E-state index contributed by atoms with van der Waals surface area (Å²) in [4.78, 5) is 96.6. The summed E-state index contributed by atoms with van der Waals surface area (Å²) < 4.78 is 105. The molecule has 0 bridgehead atoms. The third-order valence-corrected chi connectivity index (χ3v) is 25.0. The minimum atomic E-state index is -3.19. The van der Waals surface area contributed by atoms with Gasteiger partial charge >= 0.3 is 72.0 Å². The van der Waals surface area contributed by atoms with Gasteiger partial charge in [-0.25, -0.2) is 61.1 Å². The average molecular weight is 2190 g/mol. The van der Waals surface area contributed by atoms with Crippen molar-refractivity contribution in [2.45, 2.75) is 196 Å². The number of aliphatic hydroxyl groups is 3. The maximum atomic E-state index is 12.4. The van der Waals surface area contributed by atoms with E-state index in [1.807, 2.05) is 148 Å². The standard InChI is InChI=1S/C18H20N4O3S2.C17H18N4OS.C15H20N2O5.C15H22N2O3.C9H17NO3.C7H5ClN2S.C6H4FNO2.C4H9NO.C2H5B2O3.C2H6O.CH3ClO2S.CH4/c1-12-10-26-18-16(12)17(19-11-20-18)21-14-5-3-4-6-15(14)25-13-7-8-22(9-13)27(2,23)24;1-11-9-23-17-15(11)16(19-10-20-17)21-13-4-2-3-5-14(13)22-12-6-7-18-8-12;1-15(2,3)22-14(18)16-9-8-11(10-16)21-13-7-5-4-6-12(13)17(19)20;1-15(2,3)20-14(18)17-9-8-11(10-17)19-13-7-5-4-6-12(13)16;1-9(2,3)13-8(12)10-5-4-7(11)6-10;1-4-2-11-7-5(4)6(8)9-3-10-7;7-5-3-1-2-4-6(5)8(9)10;6-4-1-2-5-3-4;1-3-7-6-2-4-5;1-2-3;1-5(2,3)4;/h3-6,10-11,13H,7-9H2,1-2H3,(H,19,20,21);2-5,9-10,12,18H,6-8H2,1H3,(H,19,20,21);4-7,11H,8-10H2,1-3H3;4-7,11H,8-10,16H2,1-3H3;7,11H,4-6H2,1-3H3;2-3H,1H3;1-4H;4-6H,1-3H2;2H2,1H3;3H,2H2,1H3;1H3;1H4. The normalized spacial score (nSPS) is 17.0. The molecule has 6 aliphatic heterocycles. The van der Waals surface area contributed by atoms with Crippen LogP contribution in [-0.4, -0.2) is 281 Å². The number of aryl methyl sites for hydroxylation is 3. The average Bonchev–Trinajstić information content (AvgIpc) is 1.66. The number of likely N-dealkylation sites (tertiary alicyclic amines) is 3. The number of carbonyl (C=O) groups excluding carboxylic acids is 3. The molecule has 0 aliphatic carbocycles. The molecule has 148 heavy (non-hydrogen) atoms. The van der Waals surface area contributed by atoms with Crippen molar-refractivity contribution in [3.63, 3.8) is 0 Å². The third-order valence-electron chi connectivity index (χ3n) is 20.4. The number of nitro groups is 2. The van der Waals surface area contributed by atoms with E-state index in [1.54, 1.807) is 94.5 Å². The largest absolute Gasteiger partial charge is 0.487 e. The van der Waals surface area contributed by atoms with Gasteiger partial charge in [-0.3, -0.25) is 20.2 Å². The van der Waals surface area contributed by atoms with Gasteiger partial charge in [0, 0.05) is 88.1 Å². The number of β-amino-alcohol motifs (C(OH)–C–C–N with tert-alkyl or cyclic N) is 2. The molecule has 6 aromatic heterocycles. The Morgan fingerprint density at radius 3 is 1.32 bits per heavy atom. The van der Waals surface area contributed by atoms with Crippen LogP contribution in [0.15, 0.2) is 156 Å². The first kappa shape index (κ1) is 125. The first-order valence-electron chi connectivity index (χ1n) is 46.7. The summed E-state index contributed by atoms with van der Waals surface area (Å²) in [6, 6.07) is 34.3. The number of aliphatic hydroxyl groups excluding tert-OH is 3. The fourth-order valence-corrected chi connectivity index (χ4v) is 17.8. The van der Waals surface area contributed by atoms with Crippen LogP contribution < -0.4 is 45.9 Å². The zero-order chi connectivity index (χ0) is 108. The molecule has 6 unspecified atom stereocenters. The molecule has 41 nitrogen and oxygen atoms in total. The van der Waals surface area contributed by atoms with Gasteiger partial charge in [-0.1, -0.05) is 79.7 Å². The van der Waals surface area contributed by atoms with E-state index in [4.69, 9.17) is 60.7 Å². The number of halogens is 3. The van der Waals surface area contributed by atoms with Crippen LogP contribution in [0.4, 0.5) is 58.8 Å². The number of nitrogen functional groups attached to an aromatic ring is 1. The molecule has 0 saturated carbocycles. The van der Waals surface area contributed by atoms with Crippen molar-refractivity contribution in [3.8, 4) is 23.0 Å². The smallest absolute Gasteiger partial charge is 0.304 e. The number of nitrogens with zero attached hydrogens (tertiary/aromatic N) is 12. The molecule has 6 saturated heterocycles. The summed E-state index contributed by atoms with van der Waals surface area (Å²) in [5.41, 5.74) is 9.62. The molecule has 1 radical (unpaired) electrons. The number of aromatic nitrogens is 6. The molecule has 3 amide bonds. The Kier molecular flexibility index (Phi) is 52.0. The third kappa shape index (κ3) is 44.7. The number of nitrogens with one attached hydrogen (secondary N) is 4. The molecular weight excluding hydrogens is 2060 g/mol. The number of carbonyl (C=O) groups is 3. The molecule has 0 spiro atoms. The molecule has 6 atom stereocenters. The summed E-state index contributed by atoms with van der Waals surface area (Å²) in [5, 5.41) is 69.3. The summed E-state index contributed by atoms with van der Waals surface area (Å²) in [7, 11) is 0.0860. The van der Waals surface area contributed by atoms with Crippen molar-refractivity contribution in [2.75, 3.05) is 121 Å². The molecule has 12 heterocycles. The van der Waals surface area contributed by atoms with Gasteiger partial charge in [-0.05, 0) is 210 Å². The fraction of sp³-hybridized carbons (Fsp3) is 0.474. The van der Waals surface area contributed by atoms with E-state index in [-0.39, 0.29) is 86.9 Å². The molecule has 51 heteroatoms. The minimum absolute atomic E-state index is 0. The predicted molar refractivity (Wildman–Crippen MR) is 576 cm³/mol. The zero-order valence-corrected chi connectivity index (χ0v) is 90.4. The Labute approximate surface area is 885 Å².